The minimum atomic E-state index is -0.917. The van der Waals surface area contributed by atoms with Crippen molar-refractivity contribution in [3.05, 3.63) is 34.9 Å². The van der Waals surface area contributed by atoms with E-state index in [1.165, 1.54) is 18.9 Å². The van der Waals surface area contributed by atoms with E-state index in [0.29, 0.717) is 32.0 Å². The highest BCUT2D eigenvalue weighted by molar-refractivity contribution is 8.26. The molecule has 10 heteroatoms. The fraction of sp³-hybridized carbons (Fsp3) is 0.222. The summed E-state index contributed by atoms with van der Waals surface area (Å²) < 4.78 is 12.5. The summed E-state index contributed by atoms with van der Waals surface area (Å²) in [6.45, 7) is 0.205. The predicted octanol–water partition coefficient (Wildman–Crippen LogP) is 2.53. The minimum absolute atomic E-state index is 0.0671. The van der Waals surface area contributed by atoms with Crippen LogP contribution in [0.3, 0.4) is 0 Å². The summed E-state index contributed by atoms with van der Waals surface area (Å²) in [6, 6.07) is 5.35. The fourth-order valence-corrected chi connectivity index (χ4v) is 3.67. The Hall–Kier alpha value is -2.85. The number of hydrogen-bond donors (Lipinski definition) is 2. The lowest BCUT2D eigenvalue weighted by molar-refractivity contribution is -0.137. The smallest absolute Gasteiger partial charge is 0.305 e. The fourth-order valence-electron chi connectivity index (χ4n) is 2.64. The van der Waals surface area contributed by atoms with E-state index in [1.807, 2.05) is 6.07 Å². The van der Waals surface area contributed by atoms with Crippen molar-refractivity contribution in [3.8, 4) is 22.8 Å². The molecule has 0 unspecified atom stereocenters. The summed E-state index contributed by atoms with van der Waals surface area (Å²) in [4.78, 5) is 23.4. The molecule has 1 aliphatic rings. The summed E-state index contributed by atoms with van der Waals surface area (Å²) in [6.07, 6.45) is 3.33. The number of aromatic nitrogens is 2. The molecule has 1 aliphatic heterocycles. The lowest BCUT2D eigenvalue weighted by Crippen LogP contribution is -2.17. The van der Waals surface area contributed by atoms with Crippen molar-refractivity contribution in [1.82, 2.24) is 15.1 Å². The predicted molar refractivity (Wildman–Crippen MR) is 109 cm³/mol. The van der Waals surface area contributed by atoms with Gasteiger partial charge in [0.2, 0.25) is 0 Å². The molecule has 0 radical (unpaired) electrons. The number of aliphatic carboxylic acids is 1. The third kappa shape index (κ3) is 4.34. The molecule has 0 spiro atoms. The molecule has 2 N–H and O–H groups in total. The van der Waals surface area contributed by atoms with Crippen LogP contribution in [0.5, 0.6) is 11.5 Å². The highest BCUT2D eigenvalue weighted by Gasteiger charge is 2.23. The topological polar surface area (TPSA) is 103 Å². The van der Waals surface area contributed by atoms with Gasteiger partial charge in [0.25, 0.3) is 5.91 Å². The molecule has 8 nitrogen and oxygen atoms in total. The zero-order valence-corrected chi connectivity index (χ0v) is 16.7. The van der Waals surface area contributed by atoms with Crippen molar-refractivity contribution < 1.29 is 24.2 Å². The molecule has 0 saturated carbocycles. The summed E-state index contributed by atoms with van der Waals surface area (Å²) in [5.41, 5.74) is 1.99. The molecule has 0 bridgehead atoms. The first-order valence-electron chi connectivity index (χ1n) is 8.17. The Morgan fingerprint density at radius 2 is 2.11 bits per heavy atom. The van der Waals surface area contributed by atoms with E-state index in [0.717, 1.165) is 5.56 Å². The van der Waals surface area contributed by atoms with Crippen LogP contribution in [0.25, 0.3) is 17.3 Å². The second-order valence-corrected chi connectivity index (χ2v) is 7.48. The molecule has 1 amide bonds. The number of methoxy groups -OCH3 is 2. The van der Waals surface area contributed by atoms with Crippen LogP contribution in [0.4, 0.5) is 0 Å². The summed E-state index contributed by atoms with van der Waals surface area (Å²) >= 11 is 6.20. The number of benzene rings is 1. The van der Waals surface area contributed by atoms with Crippen LogP contribution in [0.2, 0.25) is 0 Å². The van der Waals surface area contributed by atoms with Crippen LogP contribution in [-0.2, 0) is 16.1 Å². The number of nitrogens with one attached hydrogen (secondary N) is 1. The number of aryl methyl sites for hydroxylation is 1. The molecule has 1 saturated heterocycles. The Kier molecular flexibility index (Phi) is 6.00. The lowest BCUT2D eigenvalue weighted by atomic mass is 10.1. The number of nitrogens with zero attached hydrogens (tertiary/aromatic N) is 2. The molecule has 2 aromatic rings. The highest BCUT2D eigenvalue weighted by Crippen LogP contribution is 2.35. The van der Waals surface area contributed by atoms with Gasteiger partial charge in [-0.15, -0.1) is 0 Å². The third-order valence-electron chi connectivity index (χ3n) is 3.93. The average Bonchev–Trinajstić information content (AvgIpc) is 3.22. The van der Waals surface area contributed by atoms with Crippen LogP contribution in [0, 0.1) is 0 Å². The first-order chi connectivity index (χ1) is 13.4. The van der Waals surface area contributed by atoms with Gasteiger partial charge in [0.15, 0.2) is 11.5 Å². The number of carboxylic acids is 1. The number of hydrogen-bond acceptors (Lipinski definition) is 7. The first kappa shape index (κ1) is 19.9. The van der Waals surface area contributed by atoms with Crippen molar-refractivity contribution in [2.45, 2.75) is 13.0 Å². The van der Waals surface area contributed by atoms with Crippen LogP contribution in [0.15, 0.2) is 29.3 Å². The van der Waals surface area contributed by atoms with Crippen molar-refractivity contribution >= 4 is 46.3 Å². The maximum absolute atomic E-state index is 12.0. The van der Waals surface area contributed by atoms with Gasteiger partial charge in [-0.2, -0.15) is 5.10 Å². The van der Waals surface area contributed by atoms with Gasteiger partial charge in [0, 0.05) is 17.3 Å². The third-order valence-corrected chi connectivity index (χ3v) is 5.09. The Labute approximate surface area is 170 Å². The second-order valence-electron chi connectivity index (χ2n) is 5.76. The normalized spacial score (nSPS) is 15.0. The van der Waals surface area contributed by atoms with Gasteiger partial charge in [-0.3, -0.25) is 14.3 Å². The molecule has 1 aromatic heterocycles. The number of carboxylic acid groups (broad SMARTS) is 1. The van der Waals surface area contributed by atoms with E-state index >= 15 is 0 Å². The van der Waals surface area contributed by atoms with Crippen LogP contribution in [0.1, 0.15) is 12.0 Å². The number of ether oxygens (including phenoxy) is 2. The van der Waals surface area contributed by atoms with Gasteiger partial charge < -0.3 is 19.9 Å². The highest BCUT2D eigenvalue weighted by atomic mass is 32.2. The maximum atomic E-state index is 12.0. The van der Waals surface area contributed by atoms with Gasteiger partial charge in [-0.1, -0.05) is 24.0 Å². The molecular formula is C18H17N3O5S2. The van der Waals surface area contributed by atoms with E-state index in [1.54, 1.807) is 36.2 Å². The molecule has 3 rings (SSSR count). The zero-order chi connectivity index (χ0) is 20.3. The Balaban J connectivity index is 2.05. The number of rotatable bonds is 7. The van der Waals surface area contributed by atoms with Crippen molar-refractivity contribution in [3.63, 3.8) is 0 Å². The molecule has 1 aromatic carbocycles. The number of carbonyl (C=O) groups excluding carboxylic acids is 1. The average molecular weight is 419 g/mol. The van der Waals surface area contributed by atoms with E-state index < -0.39 is 5.97 Å². The molecular weight excluding hydrogens is 402 g/mol. The maximum Gasteiger partial charge on any atom is 0.305 e. The monoisotopic (exact) mass is 419 g/mol. The van der Waals surface area contributed by atoms with Crippen LogP contribution in [-0.4, -0.2) is 45.3 Å². The summed E-state index contributed by atoms with van der Waals surface area (Å²) in [5.74, 6) is -0.0777. The molecule has 28 heavy (non-hydrogen) atoms. The lowest BCUT2D eigenvalue weighted by Gasteiger charge is -2.09. The molecule has 0 atom stereocenters. The number of carbonyl (C=O) groups is 2. The zero-order valence-electron chi connectivity index (χ0n) is 15.1. The first-order valence-corrected chi connectivity index (χ1v) is 9.40. The molecule has 2 heterocycles. The van der Waals surface area contributed by atoms with E-state index in [4.69, 9.17) is 26.8 Å². The number of thioether (sulfide) groups is 1. The summed E-state index contributed by atoms with van der Waals surface area (Å²) in [5, 5.41) is 16.0. The second kappa shape index (κ2) is 8.44. The Bertz CT molecular complexity index is 984. The van der Waals surface area contributed by atoms with Crippen molar-refractivity contribution in [2.75, 3.05) is 14.2 Å². The van der Waals surface area contributed by atoms with Crippen LogP contribution >= 0.6 is 24.0 Å². The standard InChI is InChI=1S/C18H17N3O5S2/c1-25-12-4-3-10(7-13(12)26-2)16-11(8-14-17(24)19-18(27)28-14)9-21(20-16)6-5-15(22)23/h3-4,7-9H,5-6H2,1-2H3,(H,22,23)(H,19,24,27)/b14-8+. The number of thiocarbonyl (C=S) groups is 1. The molecule has 0 aliphatic carbocycles. The van der Waals surface area contributed by atoms with Crippen molar-refractivity contribution in [1.29, 1.82) is 0 Å². The van der Waals surface area contributed by atoms with Gasteiger partial charge in [-0.25, -0.2) is 0 Å². The van der Waals surface area contributed by atoms with E-state index in [2.05, 4.69) is 10.4 Å². The molecule has 146 valence electrons. The van der Waals surface area contributed by atoms with Crippen LogP contribution < -0.4 is 14.8 Å². The minimum Gasteiger partial charge on any atom is -0.493 e. The quantitative estimate of drug-likeness (QED) is 0.521. The number of amides is 1. The van der Waals surface area contributed by atoms with E-state index in [9.17, 15) is 9.59 Å². The Morgan fingerprint density at radius 1 is 1.36 bits per heavy atom. The SMILES string of the molecule is COc1ccc(-c2nn(CCC(=O)O)cc2/C=C2/SC(=S)NC2=O)cc1OC. The summed E-state index contributed by atoms with van der Waals surface area (Å²) in [7, 11) is 3.09. The van der Waals surface area contributed by atoms with E-state index in [-0.39, 0.29) is 18.9 Å². The van der Waals surface area contributed by atoms with Gasteiger partial charge in [0.1, 0.15) is 4.32 Å². The van der Waals surface area contributed by atoms with Crippen molar-refractivity contribution in [2.24, 2.45) is 0 Å². The largest absolute Gasteiger partial charge is 0.493 e. The molecule has 1 fully saturated rings. The van der Waals surface area contributed by atoms with Gasteiger partial charge >= 0.3 is 5.97 Å². The van der Waals surface area contributed by atoms with Gasteiger partial charge in [-0.05, 0) is 24.3 Å². The Morgan fingerprint density at radius 3 is 2.71 bits per heavy atom. The van der Waals surface area contributed by atoms with Gasteiger partial charge in [0.05, 0.1) is 37.8 Å².